The minimum Gasteiger partial charge on any atom is -0.480 e. The Hall–Kier alpha value is -3.63. The summed E-state index contributed by atoms with van der Waals surface area (Å²) in [5.74, 6) is -3.87. The van der Waals surface area contributed by atoms with E-state index < -0.39 is 29.9 Å². The highest BCUT2D eigenvalue weighted by atomic mass is 16.4. The molecular weight excluding hydrogens is 550 g/mol. The molecule has 1 fully saturated rings. The van der Waals surface area contributed by atoms with Crippen molar-refractivity contribution in [2.75, 3.05) is 91.6 Å². The summed E-state index contributed by atoms with van der Waals surface area (Å²) >= 11 is 0. The van der Waals surface area contributed by atoms with E-state index in [4.69, 9.17) is 5.73 Å². The highest BCUT2D eigenvalue weighted by molar-refractivity contribution is 5.88. The lowest BCUT2D eigenvalue weighted by atomic mass is 10.1. The lowest BCUT2D eigenvalue weighted by molar-refractivity contribution is -0.140. The van der Waals surface area contributed by atoms with Gasteiger partial charge in [-0.2, -0.15) is 0 Å². The summed E-state index contributed by atoms with van der Waals surface area (Å²) in [6.07, 6.45) is 0.272. The molecule has 0 bridgehead atoms. The molecule has 2 amide bonds. The Labute approximate surface area is 245 Å². The van der Waals surface area contributed by atoms with Crippen LogP contribution in [0, 0.1) is 0 Å². The van der Waals surface area contributed by atoms with E-state index >= 15 is 0 Å². The van der Waals surface area contributed by atoms with Crippen LogP contribution in [0.3, 0.4) is 0 Å². The largest absolute Gasteiger partial charge is 0.480 e. The molecule has 0 aliphatic carbocycles. The lowest BCUT2D eigenvalue weighted by Gasteiger charge is -2.33. The smallest absolute Gasteiger partial charge is 0.317 e. The summed E-state index contributed by atoms with van der Waals surface area (Å²) in [6.45, 7) is 1.91. The third-order valence-corrected chi connectivity index (χ3v) is 6.75. The van der Waals surface area contributed by atoms with Gasteiger partial charge in [0, 0.05) is 71.9 Å². The van der Waals surface area contributed by atoms with E-state index in [9.17, 15) is 39.3 Å². The minimum atomic E-state index is -1.03. The number of carbonyl (C=O) groups excluding carboxylic acids is 2. The van der Waals surface area contributed by atoms with Crippen LogP contribution in [0.5, 0.6) is 0 Å². The number of amides is 2. The first-order valence-electron chi connectivity index (χ1n) is 13.9. The molecule has 1 aromatic rings. The van der Waals surface area contributed by atoms with Crippen LogP contribution < -0.4 is 16.4 Å². The van der Waals surface area contributed by atoms with Crippen molar-refractivity contribution in [2.45, 2.75) is 12.5 Å². The van der Waals surface area contributed by atoms with Gasteiger partial charge >= 0.3 is 17.9 Å². The third kappa shape index (κ3) is 14.3. The van der Waals surface area contributed by atoms with Gasteiger partial charge < -0.3 is 31.7 Å². The fraction of sp³-hybridized carbons (Fsp3) is 0.593. The Morgan fingerprint density at radius 3 is 1.48 bits per heavy atom. The normalized spacial score (nSPS) is 17.4. The highest BCUT2D eigenvalue weighted by Gasteiger charge is 2.24. The Morgan fingerprint density at radius 2 is 1.10 bits per heavy atom. The molecule has 0 saturated carbocycles. The van der Waals surface area contributed by atoms with Gasteiger partial charge in [-0.15, -0.1) is 0 Å². The number of nitrogens with one attached hydrogen (secondary N) is 2. The number of carboxylic acid groups (broad SMARTS) is 3. The summed E-state index contributed by atoms with van der Waals surface area (Å²) < 4.78 is 0. The van der Waals surface area contributed by atoms with Gasteiger partial charge in [-0.1, -0.05) is 30.3 Å². The standard InChI is InChI=1S/C27H43N7O8/c28-6-7-29-27(42)22(16-21-4-2-1-3-5-21)30-23(35)17-31-8-10-32(18-24(36)37)12-14-34(20-26(40)41)15-13-33(11-9-31)19-25(38)39/h1-5,22H,6-20,28H2,(H,29,42)(H,30,35)(H,36,37)(H,38,39)(H,40,41). The van der Waals surface area contributed by atoms with Gasteiger partial charge in [-0.3, -0.25) is 43.6 Å². The van der Waals surface area contributed by atoms with Crippen molar-refractivity contribution in [1.82, 2.24) is 30.2 Å². The number of carboxylic acids is 3. The summed E-state index contributed by atoms with van der Waals surface area (Å²) in [5, 5.41) is 33.6. The van der Waals surface area contributed by atoms with Gasteiger partial charge in [0.15, 0.2) is 0 Å². The molecule has 1 aliphatic rings. The number of hydrogen-bond donors (Lipinski definition) is 6. The van der Waals surface area contributed by atoms with E-state index in [0.29, 0.717) is 13.1 Å². The molecule has 7 N–H and O–H groups in total. The van der Waals surface area contributed by atoms with Crippen molar-refractivity contribution >= 4 is 29.7 Å². The average molecular weight is 594 g/mol. The Kier molecular flexibility index (Phi) is 15.4. The zero-order chi connectivity index (χ0) is 30.9. The molecule has 1 aliphatic heterocycles. The third-order valence-electron chi connectivity index (χ3n) is 6.75. The summed E-state index contributed by atoms with van der Waals surface area (Å²) in [5.41, 5.74) is 6.38. The molecule has 1 unspecified atom stereocenters. The first kappa shape index (κ1) is 34.6. The molecule has 1 saturated heterocycles. The van der Waals surface area contributed by atoms with E-state index in [1.807, 2.05) is 30.3 Å². The molecule has 234 valence electrons. The monoisotopic (exact) mass is 593 g/mol. The number of benzene rings is 1. The molecule has 0 aromatic heterocycles. The number of aliphatic carboxylic acids is 3. The summed E-state index contributed by atoms with van der Waals surface area (Å²) in [6, 6.07) is 8.42. The second-order valence-electron chi connectivity index (χ2n) is 10.2. The number of carbonyl (C=O) groups is 5. The first-order chi connectivity index (χ1) is 20.0. The zero-order valence-corrected chi connectivity index (χ0v) is 23.8. The quantitative estimate of drug-likeness (QED) is 0.130. The molecule has 0 radical (unpaired) electrons. The van der Waals surface area contributed by atoms with Crippen molar-refractivity contribution in [3.63, 3.8) is 0 Å². The molecule has 42 heavy (non-hydrogen) atoms. The number of nitrogens with zero attached hydrogens (tertiary/aromatic N) is 4. The molecule has 1 aromatic carbocycles. The van der Waals surface area contributed by atoms with Crippen LogP contribution in [0.25, 0.3) is 0 Å². The van der Waals surface area contributed by atoms with Gasteiger partial charge in [-0.25, -0.2) is 0 Å². The molecule has 1 atom stereocenters. The van der Waals surface area contributed by atoms with E-state index in [-0.39, 0.29) is 90.9 Å². The summed E-state index contributed by atoms with van der Waals surface area (Å²) in [7, 11) is 0. The highest BCUT2D eigenvalue weighted by Crippen LogP contribution is 2.05. The average Bonchev–Trinajstić information content (AvgIpc) is 2.92. The van der Waals surface area contributed by atoms with Crippen molar-refractivity contribution in [3.8, 4) is 0 Å². The van der Waals surface area contributed by atoms with Crippen LogP contribution in [-0.2, 0) is 30.4 Å². The Morgan fingerprint density at radius 1 is 0.690 bits per heavy atom. The van der Waals surface area contributed by atoms with Gasteiger partial charge in [0.05, 0.1) is 26.2 Å². The number of rotatable bonds is 14. The van der Waals surface area contributed by atoms with Crippen LogP contribution in [0.15, 0.2) is 30.3 Å². The second-order valence-corrected chi connectivity index (χ2v) is 10.2. The van der Waals surface area contributed by atoms with E-state index in [1.165, 1.54) is 0 Å². The van der Waals surface area contributed by atoms with Crippen LogP contribution in [0.1, 0.15) is 5.56 Å². The predicted molar refractivity (Wildman–Crippen MR) is 153 cm³/mol. The summed E-state index contributed by atoms with van der Waals surface area (Å²) in [4.78, 5) is 67.1. The van der Waals surface area contributed by atoms with Crippen molar-refractivity contribution in [3.05, 3.63) is 35.9 Å². The molecule has 15 nitrogen and oxygen atoms in total. The van der Waals surface area contributed by atoms with Crippen LogP contribution in [0.2, 0.25) is 0 Å². The van der Waals surface area contributed by atoms with Gasteiger partial charge in [0.2, 0.25) is 11.8 Å². The number of nitrogens with two attached hydrogens (primary N) is 1. The lowest BCUT2D eigenvalue weighted by Crippen LogP contribution is -2.53. The van der Waals surface area contributed by atoms with Gasteiger partial charge in [-0.05, 0) is 5.56 Å². The van der Waals surface area contributed by atoms with Crippen molar-refractivity contribution in [2.24, 2.45) is 5.73 Å². The maximum absolute atomic E-state index is 13.2. The van der Waals surface area contributed by atoms with Crippen molar-refractivity contribution in [1.29, 1.82) is 0 Å². The fourth-order valence-electron chi connectivity index (χ4n) is 4.61. The minimum absolute atomic E-state index is 0.0948. The van der Waals surface area contributed by atoms with Crippen LogP contribution >= 0.6 is 0 Å². The molecule has 15 heteroatoms. The van der Waals surface area contributed by atoms with Gasteiger partial charge in [0.1, 0.15) is 6.04 Å². The Balaban J connectivity index is 2.17. The van der Waals surface area contributed by atoms with Crippen molar-refractivity contribution < 1.29 is 39.3 Å². The molecule has 2 rings (SSSR count). The van der Waals surface area contributed by atoms with E-state index in [2.05, 4.69) is 10.6 Å². The fourth-order valence-corrected chi connectivity index (χ4v) is 4.61. The predicted octanol–water partition coefficient (Wildman–Crippen LogP) is -2.74. The zero-order valence-electron chi connectivity index (χ0n) is 23.8. The van der Waals surface area contributed by atoms with Crippen LogP contribution in [0.4, 0.5) is 0 Å². The second kappa shape index (κ2) is 18.7. The van der Waals surface area contributed by atoms with Crippen LogP contribution in [-0.4, -0.2) is 162 Å². The van der Waals surface area contributed by atoms with Gasteiger partial charge in [0.25, 0.3) is 0 Å². The SMILES string of the molecule is NCCNC(=O)C(Cc1ccccc1)NC(=O)CN1CCN(CC(=O)O)CCN(CC(=O)O)CCN(CC(=O)O)CC1. The maximum Gasteiger partial charge on any atom is 0.317 e. The molecular formula is C27H43N7O8. The Bertz CT molecular complexity index is 997. The number of hydrogen-bond acceptors (Lipinski definition) is 10. The van der Waals surface area contributed by atoms with E-state index in [1.54, 1.807) is 19.6 Å². The van der Waals surface area contributed by atoms with E-state index in [0.717, 1.165) is 5.56 Å². The topological polar surface area (TPSA) is 209 Å². The first-order valence-corrected chi connectivity index (χ1v) is 13.9. The molecule has 1 heterocycles. The maximum atomic E-state index is 13.2. The molecule has 0 spiro atoms.